The molecule has 3 N–H and O–H groups in total. The number of ether oxygens (including phenoxy) is 2. The first-order valence-electron chi connectivity index (χ1n) is 5.34. The molecule has 1 aliphatic carbocycles. The van der Waals surface area contributed by atoms with E-state index in [0.29, 0.717) is 12.6 Å². The highest BCUT2D eigenvalue weighted by Gasteiger charge is 2.35. The Hall–Kier alpha value is -0.420. The van der Waals surface area contributed by atoms with E-state index in [-0.39, 0.29) is 11.8 Å². The van der Waals surface area contributed by atoms with E-state index in [1.165, 1.54) is 0 Å². The Labute approximate surface area is 91.8 Å². The second-order valence-electron chi connectivity index (χ2n) is 4.21. The third-order valence-corrected chi connectivity index (χ3v) is 2.91. The summed E-state index contributed by atoms with van der Waals surface area (Å²) in [7, 11) is 3.27. The van der Waals surface area contributed by atoms with Gasteiger partial charge in [-0.3, -0.25) is 0 Å². The van der Waals surface area contributed by atoms with Crippen molar-refractivity contribution in [2.24, 2.45) is 5.73 Å². The Morgan fingerprint density at radius 3 is 2.33 bits per heavy atom. The molecule has 0 bridgehead atoms. The van der Waals surface area contributed by atoms with Crippen LogP contribution in [0.5, 0.6) is 0 Å². The van der Waals surface area contributed by atoms with Gasteiger partial charge in [0.25, 0.3) is 0 Å². The topological polar surface area (TPSA) is 56.5 Å². The maximum Gasteiger partial charge on any atom is 0.175 e. The molecular formula is C11H22N2O2. The van der Waals surface area contributed by atoms with Gasteiger partial charge in [-0.05, 0) is 19.8 Å². The molecule has 1 unspecified atom stereocenters. The number of rotatable bonds is 6. The van der Waals surface area contributed by atoms with Gasteiger partial charge in [-0.2, -0.15) is 0 Å². The van der Waals surface area contributed by atoms with Gasteiger partial charge in [-0.1, -0.05) is 12.2 Å². The van der Waals surface area contributed by atoms with Crippen molar-refractivity contribution in [1.29, 1.82) is 0 Å². The van der Waals surface area contributed by atoms with Crippen LogP contribution in [0.25, 0.3) is 0 Å². The average molecular weight is 214 g/mol. The summed E-state index contributed by atoms with van der Waals surface area (Å²) in [6, 6.07) is 0.450. The van der Waals surface area contributed by atoms with Gasteiger partial charge in [-0.25, -0.2) is 0 Å². The lowest BCUT2D eigenvalue weighted by atomic mass is 9.99. The molecule has 0 amide bonds. The van der Waals surface area contributed by atoms with Gasteiger partial charge in [-0.15, -0.1) is 0 Å². The number of hydrogen-bond donors (Lipinski definition) is 2. The van der Waals surface area contributed by atoms with Crippen LogP contribution in [0.1, 0.15) is 19.8 Å². The molecule has 0 spiro atoms. The molecule has 0 saturated heterocycles. The summed E-state index contributed by atoms with van der Waals surface area (Å²) >= 11 is 0. The fraction of sp³-hybridized carbons (Fsp3) is 0.818. The number of nitrogens with two attached hydrogens (primary N) is 1. The van der Waals surface area contributed by atoms with E-state index in [1.54, 1.807) is 14.2 Å². The molecule has 0 aromatic rings. The third kappa shape index (κ3) is 3.01. The van der Waals surface area contributed by atoms with Crippen molar-refractivity contribution in [3.8, 4) is 0 Å². The van der Waals surface area contributed by atoms with Crippen molar-refractivity contribution in [2.75, 3.05) is 20.8 Å². The van der Waals surface area contributed by atoms with Crippen LogP contribution < -0.4 is 11.1 Å². The quantitative estimate of drug-likeness (QED) is 0.503. The zero-order valence-electron chi connectivity index (χ0n) is 9.82. The summed E-state index contributed by atoms with van der Waals surface area (Å²) in [4.78, 5) is 0. The number of nitrogens with one attached hydrogen (secondary N) is 1. The van der Waals surface area contributed by atoms with E-state index in [0.717, 1.165) is 12.8 Å². The Balaban J connectivity index is 2.57. The van der Waals surface area contributed by atoms with Gasteiger partial charge in [0.1, 0.15) is 0 Å². The van der Waals surface area contributed by atoms with Gasteiger partial charge in [0, 0.05) is 26.8 Å². The first kappa shape index (κ1) is 12.6. The summed E-state index contributed by atoms with van der Waals surface area (Å²) in [5.74, 6) is 0. The fourth-order valence-electron chi connectivity index (χ4n) is 2.04. The molecule has 4 heteroatoms. The third-order valence-electron chi connectivity index (χ3n) is 2.91. The van der Waals surface area contributed by atoms with Crippen molar-refractivity contribution in [2.45, 2.75) is 37.6 Å². The highest BCUT2D eigenvalue weighted by atomic mass is 16.7. The van der Waals surface area contributed by atoms with Crippen molar-refractivity contribution in [1.82, 2.24) is 5.32 Å². The molecular weight excluding hydrogens is 192 g/mol. The molecule has 0 aliphatic heterocycles. The Bertz CT molecular complexity index is 209. The van der Waals surface area contributed by atoms with Crippen LogP contribution in [-0.4, -0.2) is 38.6 Å². The zero-order valence-corrected chi connectivity index (χ0v) is 9.82. The maximum atomic E-state index is 5.79. The summed E-state index contributed by atoms with van der Waals surface area (Å²) in [6.07, 6.45) is 6.15. The molecule has 88 valence electrons. The molecule has 4 nitrogen and oxygen atoms in total. The minimum absolute atomic E-state index is 0.317. The maximum absolute atomic E-state index is 5.79. The largest absolute Gasteiger partial charge is 0.354 e. The standard InChI is InChI=1S/C11H22N2O2/c1-11(8-12,10(14-2)15-3)13-9-6-4-5-7-9/h4-5,9-10,13H,6-8,12H2,1-3H3. The molecule has 0 fully saturated rings. The van der Waals surface area contributed by atoms with Crippen LogP contribution in [0.4, 0.5) is 0 Å². The second kappa shape index (κ2) is 5.61. The van der Waals surface area contributed by atoms with Crippen LogP contribution in [0.2, 0.25) is 0 Å². The summed E-state index contributed by atoms with van der Waals surface area (Å²) in [5, 5.41) is 3.51. The van der Waals surface area contributed by atoms with Crippen molar-refractivity contribution >= 4 is 0 Å². The smallest absolute Gasteiger partial charge is 0.175 e. The average Bonchev–Trinajstić information content (AvgIpc) is 2.72. The first-order valence-corrected chi connectivity index (χ1v) is 5.34. The molecule has 0 radical (unpaired) electrons. The SMILES string of the molecule is COC(OC)C(C)(CN)NC1CC=CC1. The Morgan fingerprint density at radius 2 is 1.93 bits per heavy atom. The normalized spacial score (nSPS) is 21.1. The number of hydrogen-bond acceptors (Lipinski definition) is 4. The minimum Gasteiger partial charge on any atom is -0.354 e. The van der Waals surface area contributed by atoms with E-state index in [2.05, 4.69) is 17.5 Å². The zero-order chi connectivity index (χ0) is 11.3. The van der Waals surface area contributed by atoms with Gasteiger partial charge in [0.2, 0.25) is 0 Å². The molecule has 1 rings (SSSR count). The van der Waals surface area contributed by atoms with E-state index >= 15 is 0 Å². The molecule has 0 saturated carbocycles. The van der Waals surface area contributed by atoms with Gasteiger partial charge in [0.05, 0.1) is 5.54 Å². The predicted molar refractivity (Wildman–Crippen MR) is 60.6 cm³/mol. The molecule has 15 heavy (non-hydrogen) atoms. The van der Waals surface area contributed by atoms with Crippen molar-refractivity contribution < 1.29 is 9.47 Å². The molecule has 1 aliphatic rings. The lowest BCUT2D eigenvalue weighted by molar-refractivity contribution is -0.151. The first-order chi connectivity index (χ1) is 7.16. The molecule has 0 aromatic heterocycles. The van der Waals surface area contributed by atoms with Gasteiger partial charge < -0.3 is 20.5 Å². The van der Waals surface area contributed by atoms with Gasteiger partial charge in [0.15, 0.2) is 6.29 Å². The van der Waals surface area contributed by atoms with Crippen LogP contribution >= 0.6 is 0 Å². The lowest BCUT2D eigenvalue weighted by Crippen LogP contribution is -2.61. The van der Waals surface area contributed by atoms with Crippen LogP contribution in [0.15, 0.2) is 12.2 Å². The van der Waals surface area contributed by atoms with E-state index in [1.807, 2.05) is 6.92 Å². The Morgan fingerprint density at radius 1 is 1.40 bits per heavy atom. The monoisotopic (exact) mass is 214 g/mol. The Kier molecular flexibility index (Phi) is 4.73. The van der Waals surface area contributed by atoms with Crippen molar-refractivity contribution in [3.05, 3.63) is 12.2 Å². The summed E-state index contributed by atoms with van der Waals surface area (Å²) < 4.78 is 10.6. The second-order valence-corrected chi connectivity index (χ2v) is 4.21. The van der Waals surface area contributed by atoms with Crippen LogP contribution in [0, 0.1) is 0 Å². The van der Waals surface area contributed by atoms with E-state index < -0.39 is 0 Å². The highest BCUT2D eigenvalue weighted by molar-refractivity contribution is 5.02. The van der Waals surface area contributed by atoms with Crippen LogP contribution in [-0.2, 0) is 9.47 Å². The minimum atomic E-state index is -0.333. The van der Waals surface area contributed by atoms with E-state index in [9.17, 15) is 0 Å². The molecule has 1 atom stereocenters. The van der Waals surface area contributed by atoms with E-state index in [4.69, 9.17) is 15.2 Å². The van der Waals surface area contributed by atoms with Crippen LogP contribution in [0.3, 0.4) is 0 Å². The lowest BCUT2D eigenvalue weighted by Gasteiger charge is -2.37. The van der Waals surface area contributed by atoms with Crippen molar-refractivity contribution in [3.63, 3.8) is 0 Å². The predicted octanol–water partition coefficient (Wildman–Crippen LogP) is 0.631. The summed E-state index contributed by atoms with van der Waals surface area (Å²) in [6.45, 7) is 2.51. The highest BCUT2D eigenvalue weighted by Crippen LogP contribution is 2.18. The van der Waals surface area contributed by atoms with Gasteiger partial charge >= 0.3 is 0 Å². The molecule has 0 heterocycles. The summed E-state index contributed by atoms with van der Waals surface area (Å²) in [5.41, 5.74) is 5.46. The number of methoxy groups -OCH3 is 2. The fourth-order valence-corrected chi connectivity index (χ4v) is 2.04. The molecule has 0 aromatic carbocycles.